The highest BCUT2D eigenvalue weighted by molar-refractivity contribution is 9.10. The Morgan fingerprint density at radius 1 is 1.47 bits per heavy atom. The molecule has 0 saturated carbocycles. The summed E-state index contributed by atoms with van der Waals surface area (Å²) in [5, 5.41) is 0.356. The van der Waals surface area contributed by atoms with Crippen molar-refractivity contribution in [1.82, 2.24) is 9.13 Å². The van der Waals surface area contributed by atoms with E-state index in [0.29, 0.717) is 15.3 Å². The van der Waals surface area contributed by atoms with Gasteiger partial charge in [-0.2, -0.15) is 0 Å². The van der Waals surface area contributed by atoms with Crippen LogP contribution >= 0.6 is 27.5 Å². The smallest absolute Gasteiger partial charge is 0.302 e. The van der Waals surface area contributed by atoms with E-state index in [0.717, 1.165) is 4.47 Å². The van der Waals surface area contributed by atoms with Crippen LogP contribution in [-0.4, -0.2) is 9.13 Å². The highest BCUT2D eigenvalue weighted by Crippen LogP contribution is 2.23. The van der Waals surface area contributed by atoms with E-state index in [1.54, 1.807) is 18.2 Å². The minimum absolute atomic E-state index is 0.356. The number of hydrogen-bond acceptors (Lipinski definition) is 1. The Labute approximate surface area is 104 Å². The fourth-order valence-corrected chi connectivity index (χ4v) is 2.00. The lowest BCUT2D eigenvalue weighted by Gasteiger charge is -2.04. The molecule has 1 heterocycles. The van der Waals surface area contributed by atoms with Crippen LogP contribution in [0.25, 0.3) is 5.69 Å². The van der Waals surface area contributed by atoms with Crippen molar-refractivity contribution in [1.29, 1.82) is 0 Å². The molecule has 15 heavy (non-hydrogen) atoms. The second kappa shape index (κ2) is 3.87. The molecule has 0 saturated heterocycles. The van der Waals surface area contributed by atoms with Gasteiger partial charge < -0.3 is 4.57 Å². The van der Waals surface area contributed by atoms with E-state index in [1.165, 1.54) is 17.0 Å². The number of benzene rings is 1. The van der Waals surface area contributed by atoms with Crippen LogP contribution in [0.1, 0.15) is 4.11 Å². The molecule has 1 aromatic heterocycles. The zero-order valence-electron chi connectivity index (χ0n) is 10.4. The van der Waals surface area contributed by atoms with Gasteiger partial charge in [-0.3, -0.25) is 4.57 Å². The van der Waals surface area contributed by atoms with Crippen LogP contribution in [0.3, 0.4) is 0 Å². The number of rotatable bonds is 1. The van der Waals surface area contributed by atoms with Gasteiger partial charge in [0.25, 0.3) is 0 Å². The van der Waals surface area contributed by atoms with Crippen LogP contribution in [0.5, 0.6) is 0 Å². The number of nitrogens with zero attached hydrogens (tertiary/aromatic N) is 2. The summed E-state index contributed by atoms with van der Waals surface area (Å²) in [5.74, 6) is 0. The molecule has 0 N–H and O–H groups in total. The normalized spacial score (nSPS) is 14.4. The third-order valence-corrected chi connectivity index (χ3v) is 2.74. The summed E-state index contributed by atoms with van der Waals surface area (Å²) in [6.45, 7) is -2.50. The first-order chi connectivity index (χ1) is 8.30. The van der Waals surface area contributed by atoms with Crippen LogP contribution in [0.4, 0.5) is 0 Å². The largest absolute Gasteiger partial charge is 0.332 e. The Bertz CT molecular complexity index is 647. The van der Waals surface area contributed by atoms with E-state index in [1.807, 2.05) is 0 Å². The number of aryl methyl sites for hydroxylation is 1. The van der Waals surface area contributed by atoms with Gasteiger partial charge in [0.15, 0.2) is 0 Å². The van der Waals surface area contributed by atoms with Gasteiger partial charge in [-0.1, -0.05) is 27.5 Å². The molecule has 0 aliphatic heterocycles. The molecule has 3 nitrogen and oxygen atoms in total. The molecule has 0 amide bonds. The van der Waals surface area contributed by atoms with Crippen molar-refractivity contribution in [3.63, 3.8) is 0 Å². The van der Waals surface area contributed by atoms with Crippen LogP contribution in [0.15, 0.2) is 39.9 Å². The summed E-state index contributed by atoms with van der Waals surface area (Å²) in [4.78, 5) is 11.9. The van der Waals surface area contributed by atoms with Crippen molar-refractivity contribution in [2.24, 2.45) is 6.98 Å². The molecule has 1 aromatic carbocycles. The van der Waals surface area contributed by atoms with Crippen LogP contribution < -0.4 is 5.69 Å². The zero-order valence-corrected chi connectivity index (χ0v) is 9.79. The van der Waals surface area contributed by atoms with Gasteiger partial charge in [-0.25, -0.2) is 4.79 Å². The minimum Gasteiger partial charge on any atom is -0.302 e. The van der Waals surface area contributed by atoms with Gasteiger partial charge in [0, 0.05) is 28.0 Å². The Hall–Kier alpha value is -1.00. The van der Waals surface area contributed by atoms with Gasteiger partial charge in [0.2, 0.25) is 0 Å². The van der Waals surface area contributed by atoms with Crippen LogP contribution in [-0.2, 0) is 6.98 Å². The van der Waals surface area contributed by atoms with Gasteiger partial charge in [0.1, 0.15) is 0 Å². The van der Waals surface area contributed by atoms with Gasteiger partial charge in [-0.15, -0.1) is 0 Å². The molecule has 0 atom stereocenters. The summed E-state index contributed by atoms with van der Waals surface area (Å²) in [6.07, 6.45) is 2.59. The van der Waals surface area contributed by atoms with Gasteiger partial charge in [-0.05, 0) is 18.2 Å². The maximum atomic E-state index is 11.9. The Morgan fingerprint density at radius 2 is 2.27 bits per heavy atom. The maximum absolute atomic E-state index is 11.9. The molecule has 0 aliphatic rings. The first kappa shape index (κ1) is 7.30. The molecule has 78 valence electrons. The van der Waals surface area contributed by atoms with Gasteiger partial charge >= 0.3 is 5.69 Å². The van der Waals surface area contributed by atoms with Crippen LogP contribution in [0, 0.1) is 0 Å². The average molecular weight is 291 g/mol. The summed E-state index contributed by atoms with van der Waals surface area (Å²) in [6, 6.07) is 4.99. The average Bonchev–Trinajstić information content (AvgIpc) is 2.60. The number of aromatic nitrogens is 2. The topological polar surface area (TPSA) is 26.9 Å². The molecular weight excluding hydrogens is 279 g/mol. The van der Waals surface area contributed by atoms with Crippen molar-refractivity contribution in [3.05, 3.63) is 50.6 Å². The van der Waals surface area contributed by atoms with Crippen molar-refractivity contribution in [3.8, 4) is 5.69 Å². The second-order valence-corrected chi connectivity index (χ2v) is 4.24. The lowest BCUT2D eigenvalue weighted by atomic mass is 10.3. The molecule has 0 aliphatic carbocycles. The van der Waals surface area contributed by atoms with E-state index < -0.39 is 12.7 Å². The fourth-order valence-electron chi connectivity index (χ4n) is 1.24. The van der Waals surface area contributed by atoms with Crippen molar-refractivity contribution < 1.29 is 4.11 Å². The molecule has 0 bridgehead atoms. The standard InChI is InChI=1S/C10H8BrClN2O/c1-13-4-5-14(10(13)15)9-3-2-7(11)6-8(9)12/h2-6H,1H3/i1D3. The number of hydrogen-bond donors (Lipinski definition) is 0. The SMILES string of the molecule is [2H]C([2H])([2H])n1ccn(-c2ccc(Br)cc2Cl)c1=O. The van der Waals surface area contributed by atoms with Gasteiger partial charge in [0.05, 0.1) is 10.7 Å². The minimum atomic E-state index is -2.50. The van der Waals surface area contributed by atoms with E-state index in [2.05, 4.69) is 15.9 Å². The number of imidazole rings is 1. The predicted molar refractivity (Wildman–Crippen MR) is 63.7 cm³/mol. The van der Waals surface area contributed by atoms with Crippen molar-refractivity contribution in [2.45, 2.75) is 0 Å². The molecule has 0 unspecified atom stereocenters. The van der Waals surface area contributed by atoms with E-state index >= 15 is 0 Å². The lowest BCUT2D eigenvalue weighted by molar-refractivity contribution is 0.824. The summed E-state index contributed by atoms with van der Waals surface area (Å²) >= 11 is 9.28. The number of halogens is 2. The van der Waals surface area contributed by atoms with E-state index in [9.17, 15) is 4.79 Å². The zero-order chi connectivity index (χ0) is 13.5. The maximum Gasteiger partial charge on any atom is 0.332 e. The fraction of sp³-hybridized carbons (Fsp3) is 0.100. The Kier molecular flexibility index (Phi) is 1.88. The Morgan fingerprint density at radius 3 is 2.87 bits per heavy atom. The molecular formula is C10H8BrClN2O. The third-order valence-electron chi connectivity index (χ3n) is 1.95. The molecule has 0 spiro atoms. The molecule has 0 radical (unpaired) electrons. The van der Waals surface area contributed by atoms with E-state index in [-0.39, 0.29) is 0 Å². The predicted octanol–water partition coefficient (Wildman–Crippen LogP) is 2.59. The summed E-state index contributed by atoms with van der Waals surface area (Å²) < 4.78 is 24.3. The molecule has 2 aromatic rings. The molecule has 5 heteroatoms. The highest BCUT2D eigenvalue weighted by atomic mass is 79.9. The summed E-state index contributed by atoms with van der Waals surface area (Å²) in [7, 11) is 0. The van der Waals surface area contributed by atoms with Crippen molar-refractivity contribution in [2.75, 3.05) is 0 Å². The van der Waals surface area contributed by atoms with Crippen LogP contribution in [0.2, 0.25) is 5.02 Å². The van der Waals surface area contributed by atoms with Crippen molar-refractivity contribution >= 4 is 27.5 Å². The second-order valence-electron chi connectivity index (χ2n) is 2.92. The molecule has 2 rings (SSSR count). The quantitative estimate of drug-likeness (QED) is 0.793. The highest BCUT2D eigenvalue weighted by Gasteiger charge is 2.06. The molecule has 0 fully saturated rings. The first-order valence-corrected chi connectivity index (χ1v) is 5.24. The third kappa shape index (κ3) is 1.87. The lowest BCUT2D eigenvalue weighted by Crippen LogP contribution is -2.20. The Balaban J connectivity index is 2.60. The first-order valence-electron chi connectivity index (χ1n) is 5.56. The summed E-state index contributed by atoms with van der Waals surface area (Å²) in [5.41, 5.74) is -0.216. The van der Waals surface area contributed by atoms with E-state index in [4.69, 9.17) is 15.7 Å². The monoisotopic (exact) mass is 289 g/mol.